The van der Waals surface area contributed by atoms with Crippen LogP contribution >= 0.6 is 0 Å². The van der Waals surface area contributed by atoms with Gasteiger partial charge in [0.15, 0.2) is 5.78 Å². The summed E-state index contributed by atoms with van der Waals surface area (Å²) in [7, 11) is 0. The van der Waals surface area contributed by atoms with Gasteiger partial charge < -0.3 is 0 Å². The van der Waals surface area contributed by atoms with Crippen molar-refractivity contribution in [2.75, 3.05) is 0 Å². The lowest BCUT2D eigenvalue weighted by Crippen LogP contribution is -2.06. The van der Waals surface area contributed by atoms with Crippen LogP contribution in [0.1, 0.15) is 15.9 Å². The molecule has 0 saturated carbocycles. The maximum Gasteiger partial charge on any atom is 0.193 e. The Balaban J connectivity index is 1.76. The number of rotatable bonds is 4. The lowest BCUT2D eigenvalue weighted by molar-refractivity contribution is 0.103. The fourth-order valence-electron chi connectivity index (χ4n) is 3.66. The molecular weight excluding hydrogens is 387 g/mol. The van der Waals surface area contributed by atoms with Crippen LogP contribution in [0.25, 0.3) is 33.5 Å². The molecule has 0 atom stereocenters. The Bertz CT molecular complexity index is 1410. The average Bonchev–Trinajstić information content (AvgIpc) is 2.83. The molecule has 0 aliphatic carbocycles. The first kappa shape index (κ1) is 18.8. The van der Waals surface area contributed by atoms with Gasteiger partial charge in [-0.3, -0.25) is 4.79 Å². The molecule has 3 nitrogen and oxygen atoms in total. The molecule has 0 bridgehead atoms. The zero-order valence-electron chi connectivity index (χ0n) is 16.5. The van der Waals surface area contributed by atoms with E-state index in [9.17, 15) is 9.18 Å². The average molecular weight is 404 g/mol. The van der Waals surface area contributed by atoms with Crippen LogP contribution in [0.3, 0.4) is 0 Å². The van der Waals surface area contributed by atoms with Crippen molar-refractivity contribution in [2.45, 2.75) is 0 Å². The molecule has 0 aliphatic heterocycles. The van der Waals surface area contributed by atoms with Crippen molar-refractivity contribution in [2.24, 2.45) is 0 Å². The minimum atomic E-state index is -0.446. The van der Waals surface area contributed by atoms with Crippen LogP contribution in [-0.4, -0.2) is 15.8 Å². The van der Waals surface area contributed by atoms with Crippen molar-refractivity contribution in [1.29, 1.82) is 0 Å². The Morgan fingerprint density at radius 1 is 0.645 bits per heavy atom. The molecule has 1 heterocycles. The summed E-state index contributed by atoms with van der Waals surface area (Å²) in [5.41, 5.74) is 5.14. The van der Waals surface area contributed by atoms with E-state index in [0.717, 1.165) is 16.6 Å². The number of para-hydroxylation sites is 2. The Labute approximate surface area is 178 Å². The van der Waals surface area contributed by atoms with Gasteiger partial charge in [-0.15, -0.1) is 0 Å². The fourth-order valence-corrected chi connectivity index (χ4v) is 3.66. The van der Waals surface area contributed by atoms with E-state index in [1.807, 2.05) is 66.7 Å². The van der Waals surface area contributed by atoms with Crippen molar-refractivity contribution >= 4 is 16.8 Å². The highest BCUT2D eigenvalue weighted by atomic mass is 19.1. The van der Waals surface area contributed by atoms with Crippen molar-refractivity contribution in [3.8, 4) is 22.5 Å². The minimum Gasteiger partial charge on any atom is -0.289 e. The van der Waals surface area contributed by atoms with E-state index in [1.54, 1.807) is 18.2 Å². The molecule has 0 N–H and O–H groups in total. The highest BCUT2D eigenvalue weighted by Crippen LogP contribution is 2.33. The third-order valence-electron chi connectivity index (χ3n) is 5.13. The summed E-state index contributed by atoms with van der Waals surface area (Å²) in [6.45, 7) is 0. The van der Waals surface area contributed by atoms with E-state index < -0.39 is 5.82 Å². The number of carbonyl (C=O) groups is 1. The Hall–Kier alpha value is -4.18. The predicted molar refractivity (Wildman–Crippen MR) is 120 cm³/mol. The first-order chi connectivity index (χ1) is 15.2. The monoisotopic (exact) mass is 404 g/mol. The predicted octanol–water partition coefficient (Wildman–Crippen LogP) is 6.33. The molecule has 1 aromatic heterocycles. The van der Waals surface area contributed by atoms with Gasteiger partial charge >= 0.3 is 0 Å². The largest absolute Gasteiger partial charge is 0.289 e. The maximum absolute atomic E-state index is 13.8. The van der Waals surface area contributed by atoms with E-state index in [-0.39, 0.29) is 5.78 Å². The van der Waals surface area contributed by atoms with Gasteiger partial charge in [0.25, 0.3) is 0 Å². The van der Waals surface area contributed by atoms with Gasteiger partial charge in [-0.2, -0.15) is 0 Å². The van der Waals surface area contributed by atoms with Gasteiger partial charge in [-0.25, -0.2) is 14.4 Å². The molecule has 5 aromatic rings. The van der Waals surface area contributed by atoms with Gasteiger partial charge in [-0.05, 0) is 24.3 Å². The summed E-state index contributed by atoms with van der Waals surface area (Å²) in [6, 6.07) is 30.4. The molecule has 31 heavy (non-hydrogen) atoms. The van der Waals surface area contributed by atoms with Gasteiger partial charge in [0.05, 0.1) is 22.4 Å². The minimum absolute atomic E-state index is 0.260. The molecule has 4 heteroatoms. The summed E-state index contributed by atoms with van der Waals surface area (Å²) in [5, 5.41) is 0. The molecule has 0 unspecified atom stereocenters. The highest BCUT2D eigenvalue weighted by molar-refractivity contribution is 6.13. The normalized spacial score (nSPS) is 10.9. The summed E-state index contributed by atoms with van der Waals surface area (Å²) in [4.78, 5) is 23.1. The van der Waals surface area contributed by atoms with E-state index in [4.69, 9.17) is 9.97 Å². The summed E-state index contributed by atoms with van der Waals surface area (Å²) in [6.07, 6.45) is 0. The van der Waals surface area contributed by atoms with Crippen LogP contribution in [-0.2, 0) is 0 Å². The molecule has 0 amide bonds. The van der Waals surface area contributed by atoms with Crippen molar-refractivity contribution in [1.82, 2.24) is 9.97 Å². The molecule has 0 fully saturated rings. The lowest BCUT2D eigenvalue weighted by Gasteiger charge is -2.13. The molecule has 0 saturated heterocycles. The Morgan fingerprint density at radius 3 is 2.03 bits per heavy atom. The number of hydrogen-bond donors (Lipinski definition) is 0. The zero-order chi connectivity index (χ0) is 21.2. The summed E-state index contributed by atoms with van der Waals surface area (Å²) < 4.78 is 13.8. The van der Waals surface area contributed by atoms with Crippen LogP contribution < -0.4 is 0 Å². The van der Waals surface area contributed by atoms with E-state index in [2.05, 4.69) is 0 Å². The topological polar surface area (TPSA) is 42.9 Å². The van der Waals surface area contributed by atoms with Gasteiger partial charge in [-0.1, -0.05) is 78.9 Å². The summed E-state index contributed by atoms with van der Waals surface area (Å²) >= 11 is 0. The lowest BCUT2D eigenvalue weighted by atomic mass is 9.94. The number of carbonyl (C=O) groups excluding carboxylic acids is 1. The first-order valence-electron chi connectivity index (χ1n) is 9.92. The highest BCUT2D eigenvalue weighted by Gasteiger charge is 2.20. The van der Waals surface area contributed by atoms with Crippen LogP contribution in [0.5, 0.6) is 0 Å². The van der Waals surface area contributed by atoms with E-state index in [0.29, 0.717) is 28.1 Å². The van der Waals surface area contributed by atoms with Crippen LogP contribution in [0.2, 0.25) is 0 Å². The second-order valence-electron chi connectivity index (χ2n) is 7.16. The number of ketones is 1. The summed E-state index contributed by atoms with van der Waals surface area (Å²) in [5.74, 6) is -0.706. The molecule has 4 aromatic carbocycles. The molecule has 0 spiro atoms. The third kappa shape index (κ3) is 3.60. The van der Waals surface area contributed by atoms with Gasteiger partial charge in [0.1, 0.15) is 5.82 Å². The zero-order valence-corrected chi connectivity index (χ0v) is 16.5. The van der Waals surface area contributed by atoms with Gasteiger partial charge in [0.2, 0.25) is 0 Å². The molecular formula is C27H17FN2O. The first-order valence-corrected chi connectivity index (χ1v) is 9.92. The third-order valence-corrected chi connectivity index (χ3v) is 5.13. The quantitative estimate of drug-likeness (QED) is 0.329. The molecule has 0 aliphatic rings. The molecule has 148 valence electrons. The molecule has 5 rings (SSSR count). The van der Waals surface area contributed by atoms with Crippen molar-refractivity contribution < 1.29 is 9.18 Å². The Morgan fingerprint density at radius 2 is 1.29 bits per heavy atom. The smallest absolute Gasteiger partial charge is 0.193 e. The second kappa shape index (κ2) is 7.92. The maximum atomic E-state index is 13.8. The van der Waals surface area contributed by atoms with Crippen LogP contribution in [0.15, 0.2) is 103 Å². The van der Waals surface area contributed by atoms with Gasteiger partial charge in [0, 0.05) is 22.3 Å². The number of benzene rings is 4. The SMILES string of the molecule is O=C(c1cccc(F)c1)c1ccccc1-c1nc2ccccc2nc1-c1ccccc1. The number of halogens is 1. The second-order valence-corrected chi connectivity index (χ2v) is 7.16. The fraction of sp³-hybridized carbons (Fsp3) is 0. The van der Waals surface area contributed by atoms with E-state index in [1.165, 1.54) is 18.2 Å². The van der Waals surface area contributed by atoms with Crippen molar-refractivity contribution in [3.63, 3.8) is 0 Å². The Kier molecular flexibility index (Phi) is 4.81. The van der Waals surface area contributed by atoms with Crippen LogP contribution in [0, 0.1) is 5.82 Å². The number of fused-ring (bicyclic) bond motifs is 1. The molecule has 0 radical (unpaired) electrons. The number of nitrogens with zero attached hydrogens (tertiary/aromatic N) is 2. The van der Waals surface area contributed by atoms with Crippen molar-refractivity contribution in [3.05, 3.63) is 120 Å². The van der Waals surface area contributed by atoms with E-state index >= 15 is 0 Å². The standard InChI is InChI=1S/C27H17FN2O/c28-20-12-8-11-19(17-20)27(31)22-14-5-4-13-21(22)26-25(18-9-2-1-3-10-18)29-23-15-6-7-16-24(23)30-26/h1-17H. The number of aromatic nitrogens is 2. The number of hydrogen-bond acceptors (Lipinski definition) is 3. The van der Waals surface area contributed by atoms with Crippen LogP contribution in [0.4, 0.5) is 4.39 Å².